The minimum absolute atomic E-state index is 0.0720. The van der Waals surface area contributed by atoms with Crippen LogP contribution >= 0.6 is 0 Å². The Labute approximate surface area is 116 Å². The van der Waals surface area contributed by atoms with E-state index in [0.717, 1.165) is 30.8 Å². The largest absolute Gasteiger partial charge is 0.497 e. The molecule has 1 aromatic carbocycles. The zero-order valence-electron chi connectivity index (χ0n) is 12.1. The van der Waals surface area contributed by atoms with E-state index >= 15 is 0 Å². The third-order valence-electron chi connectivity index (χ3n) is 2.77. The molecule has 108 valence electrons. The fourth-order valence-electron chi connectivity index (χ4n) is 1.77. The quantitative estimate of drug-likeness (QED) is 0.660. The summed E-state index contributed by atoms with van der Waals surface area (Å²) in [5, 5.41) is 3.35. The number of hydrogen-bond acceptors (Lipinski definition) is 4. The first kappa shape index (κ1) is 16.0. The average molecular weight is 267 g/mol. The maximum Gasteiger partial charge on any atom is 0.119 e. The Morgan fingerprint density at radius 1 is 1.26 bits per heavy atom. The van der Waals surface area contributed by atoms with Gasteiger partial charge in [-0.2, -0.15) is 0 Å². The molecule has 19 heavy (non-hydrogen) atoms. The average Bonchev–Trinajstić information content (AvgIpc) is 2.45. The standard InChI is InChI=1S/C15H25NO3/c1-4-8-16-10-15(12-17-2)19-11-13-6-5-7-14(9-13)18-3/h5-7,9,15-16H,4,8,10-12H2,1-3H3. The van der Waals surface area contributed by atoms with Crippen molar-refractivity contribution in [2.24, 2.45) is 0 Å². The fourth-order valence-corrected chi connectivity index (χ4v) is 1.77. The summed E-state index contributed by atoms with van der Waals surface area (Å²) in [4.78, 5) is 0. The SMILES string of the molecule is CCCNCC(COC)OCc1cccc(OC)c1. The molecule has 0 amide bonds. The number of ether oxygens (including phenoxy) is 3. The van der Waals surface area contributed by atoms with Gasteiger partial charge in [0.15, 0.2) is 0 Å². The molecule has 0 aliphatic heterocycles. The summed E-state index contributed by atoms with van der Waals surface area (Å²) in [5.41, 5.74) is 1.11. The first-order valence-corrected chi connectivity index (χ1v) is 6.74. The van der Waals surface area contributed by atoms with Crippen molar-refractivity contribution < 1.29 is 14.2 Å². The molecule has 4 nitrogen and oxygen atoms in total. The highest BCUT2D eigenvalue weighted by Gasteiger charge is 2.08. The minimum Gasteiger partial charge on any atom is -0.497 e. The van der Waals surface area contributed by atoms with Gasteiger partial charge in [0, 0.05) is 13.7 Å². The molecule has 1 unspecified atom stereocenters. The van der Waals surface area contributed by atoms with Crippen molar-refractivity contribution in [3.8, 4) is 5.75 Å². The molecule has 1 N–H and O–H groups in total. The van der Waals surface area contributed by atoms with Crippen molar-refractivity contribution in [3.63, 3.8) is 0 Å². The highest BCUT2D eigenvalue weighted by molar-refractivity contribution is 5.27. The van der Waals surface area contributed by atoms with Gasteiger partial charge in [0.25, 0.3) is 0 Å². The Balaban J connectivity index is 2.40. The van der Waals surface area contributed by atoms with Gasteiger partial charge < -0.3 is 19.5 Å². The van der Waals surface area contributed by atoms with Gasteiger partial charge in [-0.3, -0.25) is 0 Å². The van der Waals surface area contributed by atoms with Gasteiger partial charge in [-0.25, -0.2) is 0 Å². The van der Waals surface area contributed by atoms with Crippen molar-refractivity contribution in [1.29, 1.82) is 0 Å². The lowest BCUT2D eigenvalue weighted by molar-refractivity contribution is -0.0100. The Morgan fingerprint density at radius 2 is 2.11 bits per heavy atom. The molecule has 0 spiro atoms. The summed E-state index contributed by atoms with van der Waals surface area (Å²) in [6.45, 7) is 5.13. The van der Waals surface area contributed by atoms with E-state index in [1.807, 2.05) is 24.3 Å². The van der Waals surface area contributed by atoms with Gasteiger partial charge in [-0.1, -0.05) is 19.1 Å². The molecule has 1 aromatic rings. The molecule has 0 bridgehead atoms. The van der Waals surface area contributed by atoms with Gasteiger partial charge in [-0.15, -0.1) is 0 Å². The predicted molar refractivity (Wildman–Crippen MR) is 76.6 cm³/mol. The molecule has 0 aliphatic carbocycles. The monoisotopic (exact) mass is 267 g/mol. The van der Waals surface area contributed by atoms with E-state index in [1.54, 1.807) is 14.2 Å². The maximum atomic E-state index is 5.87. The van der Waals surface area contributed by atoms with Crippen LogP contribution in [0.1, 0.15) is 18.9 Å². The molecule has 0 fully saturated rings. The third-order valence-corrected chi connectivity index (χ3v) is 2.77. The van der Waals surface area contributed by atoms with E-state index in [1.165, 1.54) is 0 Å². The van der Waals surface area contributed by atoms with Crippen LogP contribution in [0, 0.1) is 0 Å². The van der Waals surface area contributed by atoms with E-state index in [-0.39, 0.29) is 6.10 Å². The fraction of sp³-hybridized carbons (Fsp3) is 0.600. The Kier molecular flexibility index (Phi) is 8.21. The molecule has 1 atom stereocenters. The molecule has 0 saturated carbocycles. The van der Waals surface area contributed by atoms with E-state index in [9.17, 15) is 0 Å². The normalized spacial score (nSPS) is 12.4. The lowest BCUT2D eigenvalue weighted by atomic mass is 10.2. The Hall–Kier alpha value is -1.10. The van der Waals surface area contributed by atoms with Crippen LogP contribution in [0.3, 0.4) is 0 Å². The zero-order chi connectivity index (χ0) is 13.9. The van der Waals surface area contributed by atoms with Gasteiger partial charge >= 0.3 is 0 Å². The topological polar surface area (TPSA) is 39.7 Å². The lowest BCUT2D eigenvalue weighted by Gasteiger charge is -2.18. The third kappa shape index (κ3) is 6.57. The van der Waals surface area contributed by atoms with Gasteiger partial charge in [0.05, 0.1) is 26.4 Å². The van der Waals surface area contributed by atoms with Crippen LogP contribution in [0.5, 0.6) is 5.75 Å². The van der Waals surface area contributed by atoms with Gasteiger partial charge in [0.2, 0.25) is 0 Å². The summed E-state index contributed by atoms with van der Waals surface area (Å²) in [6, 6.07) is 7.92. The number of nitrogens with one attached hydrogen (secondary N) is 1. The molecule has 0 radical (unpaired) electrons. The number of benzene rings is 1. The van der Waals surface area contributed by atoms with Crippen LogP contribution in [0.4, 0.5) is 0 Å². The van der Waals surface area contributed by atoms with Gasteiger partial charge in [0.1, 0.15) is 5.75 Å². The van der Waals surface area contributed by atoms with Crippen LogP contribution in [-0.2, 0) is 16.1 Å². The summed E-state index contributed by atoms with van der Waals surface area (Å²) < 4.78 is 16.2. The highest BCUT2D eigenvalue weighted by Crippen LogP contribution is 2.13. The van der Waals surface area contributed by atoms with Crippen molar-refractivity contribution in [3.05, 3.63) is 29.8 Å². The molecular formula is C15H25NO3. The van der Waals surface area contributed by atoms with Crippen LogP contribution in [0.25, 0.3) is 0 Å². The Bertz CT molecular complexity index is 344. The van der Waals surface area contributed by atoms with Crippen LogP contribution in [0.2, 0.25) is 0 Å². The number of hydrogen-bond donors (Lipinski definition) is 1. The van der Waals surface area contributed by atoms with Gasteiger partial charge in [-0.05, 0) is 30.7 Å². The molecule has 0 heterocycles. The van der Waals surface area contributed by atoms with Crippen LogP contribution in [-0.4, -0.2) is 40.0 Å². The Morgan fingerprint density at radius 3 is 2.79 bits per heavy atom. The first-order valence-electron chi connectivity index (χ1n) is 6.74. The second kappa shape index (κ2) is 9.78. The van der Waals surface area contributed by atoms with Crippen molar-refractivity contribution in [2.75, 3.05) is 33.9 Å². The molecule has 0 saturated heterocycles. The summed E-state index contributed by atoms with van der Waals surface area (Å²) in [7, 11) is 3.37. The first-order chi connectivity index (χ1) is 9.30. The van der Waals surface area contributed by atoms with Crippen molar-refractivity contribution in [1.82, 2.24) is 5.32 Å². The van der Waals surface area contributed by atoms with E-state index in [2.05, 4.69) is 12.2 Å². The summed E-state index contributed by atoms with van der Waals surface area (Å²) in [6.07, 6.45) is 1.19. The van der Waals surface area contributed by atoms with Crippen LogP contribution in [0.15, 0.2) is 24.3 Å². The van der Waals surface area contributed by atoms with E-state index < -0.39 is 0 Å². The molecule has 1 rings (SSSR count). The highest BCUT2D eigenvalue weighted by atomic mass is 16.5. The predicted octanol–water partition coefficient (Wildman–Crippen LogP) is 2.23. The zero-order valence-corrected chi connectivity index (χ0v) is 12.1. The van der Waals surface area contributed by atoms with Crippen molar-refractivity contribution in [2.45, 2.75) is 26.1 Å². The van der Waals surface area contributed by atoms with Crippen LogP contribution < -0.4 is 10.1 Å². The molecular weight excluding hydrogens is 242 g/mol. The molecule has 4 heteroatoms. The number of rotatable bonds is 10. The molecule has 0 aliphatic rings. The second-order valence-electron chi connectivity index (χ2n) is 4.44. The van der Waals surface area contributed by atoms with E-state index in [4.69, 9.17) is 14.2 Å². The minimum atomic E-state index is 0.0720. The second-order valence-corrected chi connectivity index (χ2v) is 4.44. The van der Waals surface area contributed by atoms with Crippen molar-refractivity contribution >= 4 is 0 Å². The smallest absolute Gasteiger partial charge is 0.119 e. The summed E-state index contributed by atoms with van der Waals surface area (Å²) >= 11 is 0. The maximum absolute atomic E-state index is 5.87. The number of methoxy groups -OCH3 is 2. The lowest BCUT2D eigenvalue weighted by Crippen LogP contribution is -2.33. The van der Waals surface area contributed by atoms with E-state index in [0.29, 0.717) is 13.2 Å². The summed E-state index contributed by atoms with van der Waals surface area (Å²) in [5.74, 6) is 0.855. The molecule has 0 aromatic heterocycles.